The van der Waals surface area contributed by atoms with Crippen LogP contribution in [0.2, 0.25) is 0 Å². The number of aliphatic hydroxyl groups excluding tert-OH is 1. The molecule has 0 bridgehead atoms. The van der Waals surface area contributed by atoms with Crippen LogP contribution in [-0.4, -0.2) is 101 Å². The van der Waals surface area contributed by atoms with Gasteiger partial charge in [-0.15, -0.1) is 5.06 Å². The Balaban J connectivity index is -0.000000350. The molecule has 1 fully saturated rings. The third-order valence-electron chi connectivity index (χ3n) is 3.91. The first-order valence-electron chi connectivity index (χ1n) is 9.43. The number of methoxy groups -OCH3 is 2. The lowest BCUT2D eigenvalue weighted by Crippen LogP contribution is -2.34. The number of ether oxygens (including phenoxy) is 5. The minimum atomic E-state index is -0.886. The van der Waals surface area contributed by atoms with Gasteiger partial charge < -0.3 is 33.6 Å². The van der Waals surface area contributed by atoms with Crippen LogP contribution in [0.15, 0.2) is 0 Å². The molecular formula is C24H55NO10. The molecule has 0 radical (unpaired) electrons. The normalized spacial score (nSPS) is 12.7. The molecule has 1 aliphatic rings. The highest BCUT2D eigenvalue weighted by molar-refractivity contribution is 6.01. The highest BCUT2D eigenvalue weighted by Crippen LogP contribution is 2.12. The van der Waals surface area contributed by atoms with E-state index in [1.165, 1.54) is 0 Å². The number of carbonyl (C=O) groups is 3. The van der Waals surface area contributed by atoms with Crippen LogP contribution in [0.5, 0.6) is 0 Å². The minimum absolute atomic E-state index is 0. The van der Waals surface area contributed by atoms with Gasteiger partial charge in [0.2, 0.25) is 0 Å². The highest BCUT2D eigenvalue weighted by Gasteiger charge is 2.32. The van der Waals surface area contributed by atoms with E-state index in [0.29, 0.717) is 51.1 Å². The summed E-state index contributed by atoms with van der Waals surface area (Å²) in [6, 6.07) is 0. The van der Waals surface area contributed by atoms with Gasteiger partial charge in [0.05, 0.1) is 52.4 Å². The molecule has 11 nitrogen and oxygen atoms in total. The fourth-order valence-electron chi connectivity index (χ4n) is 2.49. The van der Waals surface area contributed by atoms with Crippen LogP contribution in [0.1, 0.15) is 63.8 Å². The fourth-order valence-corrected chi connectivity index (χ4v) is 2.49. The van der Waals surface area contributed by atoms with Gasteiger partial charge in [-0.1, -0.05) is 44.6 Å². The van der Waals surface area contributed by atoms with Crippen LogP contribution in [0.3, 0.4) is 0 Å². The van der Waals surface area contributed by atoms with Crippen molar-refractivity contribution < 1.29 is 48.0 Å². The molecule has 1 N–H and O–H groups in total. The second-order valence-corrected chi connectivity index (χ2v) is 6.45. The second-order valence-electron chi connectivity index (χ2n) is 6.45. The van der Waals surface area contributed by atoms with Crippen molar-refractivity contribution in [3.05, 3.63) is 0 Å². The average Bonchev–Trinajstić information content (AvgIpc) is 3.00. The molecule has 0 aromatic carbocycles. The Kier molecular flexibility index (Phi) is 38.1. The summed E-state index contributed by atoms with van der Waals surface area (Å²) in [5.74, 6) is -2.10. The van der Waals surface area contributed by atoms with Gasteiger partial charge in [0.25, 0.3) is 11.8 Å². The number of hydrogen-bond acceptors (Lipinski definition) is 10. The summed E-state index contributed by atoms with van der Waals surface area (Å²) >= 11 is 0. The van der Waals surface area contributed by atoms with Crippen molar-refractivity contribution in [1.82, 2.24) is 5.06 Å². The summed E-state index contributed by atoms with van der Waals surface area (Å²) in [7, 11) is 3.16. The van der Waals surface area contributed by atoms with E-state index in [-0.39, 0.29) is 69.9 Å². The van der Waals surface area contributed by atoms with E-state index in [0.717, 1.165) is 0 Å². The largest absolute Gasteiger partial charge is 0.391 e. The van der Waals surface area contributed by atoms with Gasteiger partial charge in [0.1, 0.15) is 6.61 Å². The summed E-state index contributed by atoms with van der Waals surface area (Å²) in [6.07, 6.45) is -0.490. The van der Waals surface area contributed by atoms with Crippen molar-refractivity contribution >= 4 is 17.8 Å². The Labute approximate surface area is 214 Å². The lowest BCUT2D eigenvalue weighted by atomic mass is 10.0. The summed E-state index contributed by atoms with van der Waals surface area (Å²) in [5.41, 5.74) is 0. The quantitative estimate of drug-likeness (QED) is 0.227. The molecule has 1 saturated heterocycles. The maximum Gasteiger partial charge on any atom is 0.358 e. The van der Waals surface area contributed by atoms with Gasteiger partial charge in [-0.3, -0.25) is 9.59 Å². The molecule has 11 heteroatoms. The van der Waals surface area contributed by atoms with Crippen molar-refractivity contribution in [1.29, 1.82) is 0 Å². The zero-order valence-electron chi connectivity index (χ0n) is 17.0. The van der Waals surface area contributed by atoms with E-state index in [2.05, 4.69) is 4.84 Å². The summed E-state index contributed by atoms with van der Waals surface area (Å²) < 4.78 is 26.0. The highest BCUT2D eigenvalue weighted by atomic mass is 16.7. The molecule has 1 unspecified atom stereocenters. The fraction of sp³-hybridized carbons (Fsp3) is 0.875. The number of imide groups is 1. The smallest absolute Gasteiger partial charge is 0.358 e. The number of hydrogen-bond donors (Lipinski definition) is 1. The van der Waals surface area contributed by atoms with Crippen molar-refractivity contribution in [2.24, 2.45) is 5.92 Å². The van der Waals surface area contributed by atoms with Crippen LogP contribution in [0.25, 0.3) is 0 Å². The topological polar surface area (TPSA) is 130 Å². The maximum atomic E-state index is 11.7. The standard InChI is InChI=1S/C18H31NO10.6CH4/c1-24-5-7-26-10-14(11-27-8-6-25-2)9-15(20)12-28-13-18(23)29-19-16(21)3-4-17(19)22;;;;;;/h14-15,20H,3-13H2,1-2H3;6*1H4. The second kappa shape index (κ2) is 28.6. The molecule has 0 aliphatic carbocycles. The molecule has 0 saturated carbocycles. The van der Waals surface area contributed by atoms with E-state index in [9.17, 15) is 19.5 Å². The molecule has 1 atom stereocenters. The van der Waals surface area contributed by atoms with Gasteiger partial charge in [0, 0.05) is 33.0 Å². The van der Waals surface area contributed by atoms with Crippen molar-refractivity contribution in [3.8, 4) is 0 Å². The number of amides is 2. The van der Waals surface area contributed by atoms with Crippen LogP contribution < -0.4 is 0 Å². The number of hydroxylamine groups is 2. The molecule has 2 amide bonds. The van der Waals surface area contributed by atoms with Crippen LogP contribution in [0.4, 0.5) is 0 Å². The first-order valence-corrected chi connectivity index (χ1v) is 9.43. The van der Waals surface area contributed by atoms with Gasteiger partial charge in [-0.05, 0) is 6.42 Å². The minimum Gasteiger partial charge on any atom is -0.391 e. The van der Waals surface area contributed by atoms with E-state index in [4.69, 9.17) is 23.7 Å². The predicted molar refractivity (Wildman–Crippen MR) is 138 cm³/mol. The van der Waals surface area contributed by atoms with Gasteiger partial charge >= 0.3 is 5.97 Å². The molecule has 1 rings (SSSR count). The van der Waals surface area contributed by atoms with E-state index in [1.54, 1.807) is 14.2 Å². The summed E-state index contributed by atoms with van der Waals surface area (Å²) in [5, 5.41) is 10.6. The maximum absolute atomic E-state index is 11.7. The Hall–Kier alpha value is -1.63. The molecule has 1 heterocycles. The van der Waals surface area contributed by atoms with Crippen molar-refractivity contribution in [2.75, 3.05) is 67.1 Å². The van der Waals surface area contributed by atoms with Crippen LogP contribution in [0, 0.1) is 5.92 Å². The Morgan fingerprint density at radius 3 is 1.69 bits per heavy atom. The lowest BCUT2D eigenvalue weighted by molar-refractivity contribution is -0.200. The van der Waals surface area contributed by atoms with Crippen LogP contribution in [-0.2, 0) is 42.9 Å². The number of rotatable bonds is 17. The zero-order valence-corrected chi connectivity index (χ0v) is 17.0. The monoisotopic (exact) mass is 517 g/mol. The van der Waals surface area contributed by atoms with Crippen LogP contribution >= 0.6 is 0 Å². The molecule has 35 heavy (non-hydrogen) atoms. The Morgan fingerprint density at radius 2 is 1.26 bits per heavy atom. The molecule has 1 aliphatic heterocycles. The van der Waals surface area contributed by atoms with E-state index in [1.807, 2.05) is 0 Å². The molecular weight excluding hydrogens is 462 g/mol. The number of carbonyl (C=O) groups excluding carboxylic acids is 3. The summed E-state index contributed by atoms with van der Waals surface area (Å²) in [6.45, 7) is 1.91. The number of aliphatic hydroxyl groups is 1. The van der Waals surface area contributed by atoms with Gasteiger partial charge in [-0.2, -0.15) is 0 Å². The molecule has 216 valence electrons. The van der Waals surface area contributed by atoms with Gasteiger partial charge in [0.15, 0.2) is 0 Å². The average molecular weight is 518 g/mol. The lowest BCUT2D eigenvalue weighted by Gasteiger charge is -2.20. The van der Waals surface area contributed by atoms with Gasteiger partial charge in [-0.25, -0.2) is 4.79 Å². The third kappa shape index (κ3) is 21.4. The van der Waals surface area contributed by atoms with Crippen molar-refractivity contribution in [3.63, 3.8) is 0 Å². The third-order valence-corrected chi connectivity index (χ3v) is 3.91. The zero-order chi connectivity index (χ0) is 21.5. The SMILES string of the molecule is C.C.C.C.C.C.COCCOCC(COCCOC)CC(O)COCC(=O)ON1C(=O)CCC1=O. The Bertz CT molecular complexity index is 477. The van der Waals surface area contributed by atoms with E-state index >= 15 is 0 Å². The molecule has 0 aromatic rings. The van der Waals surface area contributed by atoms with E-state index < -0.39 is 30.5 Å². The predicted octanol–water partition coefficient (Wildman–Crippen LogP) is 3.12. The molecule has 0 spiro atoms. The first-order chi connectivity index (χ1) is 14.0. The Morgan fingerprint density at radius 1 is 0.800 bits per heavy atom. The first kappa shape index (κ1) is 46.7. The van der Waals surface area contributed by atoms with Crippen molar-refractivity contribution in [2.45, 2.75) is 69.9 Å². The molecule has 0 aromatic heterocycles. The summed E-state index contributed by atoms with van der Waals surface area (Å²) in [4.78, 5) is 39.1. The number of nitrogens with zero attached hydrogens (tertiary/aromatic N) is 1.